The molecular weight excluding hydrogens is 1020 g/mol. The molecule has 0 spiro atoms. The molecule has 46 heavy (non-hydrogen) atoms. The molecule has 0 N–H and O–H groups in total. The van der Waals surface area contributed by atoms with Crippen LogP contribution in [-0.4, -0.2) is 11.5 Å². The minimum absolute atomic E-state index is 0. The van der Waals surface area contributed by atoms with Crippen molar-refractivity contribution in [2.45, 2.75) is 0 Å². The van der Waals surface area contributed by atoms with Gasteiger partial charge in [-0.2, -0.15) is 36.4 Å². The molecule has 0 aliphatic heterocycles. The largest absolute Gasteiger partial charge is 3.00 e. The first-order valence-electron chi connectivity index (χ1n) is 13.4. The molecule has 0 aliphatic rings. The molecule has 0 bridgehead atoms. The van der Waals surface area contributed by atoms with Crippen LogP contribution >= 0.6 is 16.1 Å². The molecule has 6 aromatic rings. The van der Waals surface area contributed by atoms with Crippen molar-refractivity contribution in [3.8, 4) is 0 Å². The Labute approximate surface area is 318 Å². The van der Waals surface area contributed by atoms with Crippen LogP contribution < -0.4 is 46.0 Å². The van der Waals surface area contributed by atoms with Gasteiger partial charge in [0, 0.05) is 50.2 Å². The number of rotatable bonds is 6. The van der Waals surface area contributed by atoms with Crippen molar-refractivity contribution in [2.75, 3.05) is 7.05 Å². The van der Waals surface area contributed by atoms with Gasteiger partial charge in [0.2, 0.25) is 0 Å². The summed E-state index contributed by atoms with van der Waals surface area (Å²) in [6, 6.07) is 60.6. The van der Waals surface area contributed by atoms with Crippen LogP contribution in [0.3, 0.4) is 0 Å². The molecule has 0 aromatic heterocycles. The molecule has 0 saturated carbocycles. The Morgan fingerprint density at radius 1 is 0.435 bits per heavy atom. The zero-order chi connectivity index (χ0) is 29.4. The smallest absolute Gasteiger partial charge is 1.00 e. The molecular formula is C37H31Au2Cl2F2NP2-. The molecule has 0 amide bonds. The van der Waals surface area contributed by atoms with Crippen molar-refractivity contribution in [1.82, 2.24) is 4.44 Å². The monoisotopic (exact) mass is 1050 g/mol. The summed E-state index contributed by atoms with van der Waals surface area (Å²) in [5.74, 6) is -0.419. The molecule has 245 valence electrons. The minimum Gasteiger partial charge on any atom is -1.00 e. The molecule has 0 heterocycles. The number of hydrogen-bond donors (Lipinski definition) is 0. The van der Waals surface area contributed by atoms with Crippen LogP contribution in [-0.2, 0) is 44.8 Å². The normalized spacial score (nSPS) is 9.52. The summed E-state index contributed by atoms with van der Waals surface area (Å²) in [6.07, 6.45) is 0. The van der Waals surface area contributed by atoms with Crippen LogP contribution in [0.1, 0.15) is 0 Å². The van der Waals surface area contributed by atoms with E-state index < -0.39 is 16.1 Å². The Morgan fingerprint density at radius 3 is 0.826 bits per heavy atom. The van der Waals surface area contributed by atoms with Gasteiger partial charge in [-0.25, -0.2) is 13.2 Å². The predicted octanol–water partition coefficient (Wildman–Crippen LogP) is 2.27. The molecule has 1 nitrogen and oxygen atoms in total. The van der Waals surface area contributed by atoms with Crippen molar-refractivity contribution in [3.63, 3.8) is 0 Å². The SMILES string of the molecule is CN(P(c1ccccc1)c1ccccc1)P(c1ccccc1)c1ccccc1.Fc1cc[c-]cc1.Fc1cc[c-]cc1.[Au+3].[Au].[Cl-].[Cl-]. The van der Waals surface area contributed by atoms with Crippen molar-refractivity contribution in [1.29, 1.82) is 0 Å². The van der Waals surface area contributed by atoms with Crippen LogP contribution in [0.15, 0.2) is 170 Å². The van der Waals surface area contributed by atoms with E-state index in [0.717, 1.165) is 0 Å². The Bertz CT molecular complexity index is 1360. The molecule has 9 heteroatoms. The van der Waals surface area contributed by atoms with Crippen LogP contribution in [0.25, 0.3) is 0 Å². The third kappa shape index (κ3) is 14.4. The van der Waals surface area contributed by atoms with Gasteiger partial charge in [0.15, 0.2) is 0 Å². The fourth-order valence-electron chi connectivity index (χ4n) is 4.07. The maximum atomic E-state index is 11.9. The molecule has 0 atom stereocenters. The first kappa shape index (κ1) is 44.1. The summed E-state index contributed by atoms with van der Waals surface area (Å²) in [4.78, 5) is 0. The Balaban J connectivity index is 0.000000937. The van der Waals surface area contributed by atoms with E-state index in [2.05, 4.69) is 145 Å². The molecule has 1 radical (unpaired) electrons. The van der Waals surface area contributed by atoms with Gasteiger partial charge in [-0.15, -0.1) is 24.3 Å². The average molecular weight is 1050 g/mol. The zero-order valence-electron chi connectivity index (χ0n) is 24.6. The summed E-state index contributed by atoms with van der Waals surface area (Å²) in [7, 11) is 1.02. The van der Waals surface area contributed by atoms with Crippen molar-refractivity contribution < 1.29 is 78.4 Å². The number of halogens is 4. The Morgan fingerprint density at radius 2 is 0.652 bits per heavy atom. The van der Waals surface area contributed by atoms with Crippen molar-refractivity contribution >= 4 is 37.4 Å². The maximum Gasteiger partial charge on any atom is 3.00 e. The first-order chi connectivity index (χ1) is 20.6. The summed E-state index contributed by atoms with van der Waals surface area (Å²) >= 11 is 0. The quantitative estimate of drug-likeness (QED) is 0.141. The van der Waals surface area contributed by atoms with Gasteiger partial charge >= 0.3 is 22.4 Å². The second-order valence-corrected chi connectivity index (χ2v) is 13.7. The summed E-state index contributed by atoms with van der Waals surface area (Å²) in [5.41, 5.74) is 0. The summed E-state index contributed by atoms with van der Waals surface area (Å²) < 4.78 is 26.4. The van der Waals surface area contributed by atoms with Gasteiger partial charge in [-0.1, -0.05) is 121 Å². The fourth-order valence-corrected chi connectivity index (χ4v) is 9.77. The van der Waals surface area contributed by atoms with E-state index >= 15 is 0 Å². The van der Waals surface area contributed by atoms with Crippen LogP contribution in [0.2, 0.25) is 0 Å². The molecule has 6 aromatic carbocycles. The Hall–Kier alpha value is -1.94. The summed E-state index contributed by atoms with van der Waals surface area (Å²) in [6.45, 7) is 0. The first-order valence-corrected chi connectivity index (χ1v) is 16.0. The maximum absolute atomic E-state index is 11.9. The predicted molar refractivity (Wildman–Crippen MR) is 176 cm³/mol. The van der Waals surface area contributed by atoms with Gasteiger partial charge in [-0.05, 0) is 28.3 Å². The second-order valence-electron chi connectivity index (χ2n) is 8.89. The molecule has 0 fully saturated rings. The minimum atomic E-state index is -0.637. The van der Waals surface area contributed by atoms with Gasteiger partial charge in [0.1, 0.15) is 0 Å². The number of benzene rings is 6. The standard InChI is InChI=1S/C25H23NP2.2C6H4F.2Au.2ClH/c1-26(27(22-14-6-2-7-15-22)23-16-8-3-9-17-23)28(24-18-10-4-11-19-24)25-20-12-5-13-21-25;2*7-6-4-2-1-3-5-6;;;;/h2-21H,1H3;2*2-5H;;;2*1H/q;2*-1;;+3;;/p-2. The van der Waals surface area contributed by atoms with E-state index in [1.807, 2.05) is 0 Å². The second kappa shape index (κ2) is 25.1. The van der Waals surface area contributed by atoms with E-state index in [0.29, 0.717) is 0 Å². The third-order valence-corrected chi connectivity index (χ3v) is 11.3. The molecule has 0 unspecified atom stereocenters. The third-order valence-electron chi connectivity index (χ3n) is 5.94. The molecule has 6 rings (SSSR count). The summed E-state index contributed by atoms with van der Waals surface area (Å²) in [5, 5.41) is 5.52. The van der Waals surface area contributed by atoms with E-state index in [1.165, 1.54) is 69.7 Å². The zero-order valence-corrected chi connectivity index (χ0v) is 32.3. The van der Waals surface area contributed by atoms with E-state index in [9.17, 15) is 8.78 Å². The fraction of sp³-hybridized carbons (Fsp3) is 0.0270. The Kier molecular flexibility index (Phi) is 24.1. The van der Waals surface area contributed by atoms with E-state index in [-0.39, 0.29) is 81.2 Å². The van der Waals surface area contributed by atoms with Crippen molar-refractivity contribution in [3.05, 3.63) is 194 Å². The average Bonchev–Trinajstić information content (AvgIpc) is 3.05. The molecule has 0 saturated heterocycles. The number of hydrogen-bond acceptors (Lipinski definition) is 1. The van der Waals surface area contributed by atoms with Crippen LogP contribution in [0, 0.1) is 23.8 Å². The topological polar surface area (TPSA) is 3.24 Å². The van der Waals surface area contributed by atoms with Crippen LogP contribution in [0.4, 0.5) is 8.78 Å². The van der Waals surface area contributed by atoms with Gasteiger partial charge in [-0.3, -0.25) is 0 Å². The van der Waals surface area contributed by atoms with E-state index in [4.69, 9.17) is 0 Å². The number of nitrogens with zero attached hydrogens (tertiary/aromatic N) is 1. The van der Waals surface area contributed by atoms with Gasteiger partial charge < -0.3 is 24.8 Å². The van der Waals surface area contributed by atoms with Gasteiger partial charge in [0.25, 0.3) is 0 Å². The van der Waals surface area contributed by atoms with Crippen molar-refractivity contribution in [2.24, 2.45) is 0 Å². The molecule has 0 aliphatic carbocycles. The van der Waals surface area contributed by atoms with Gasteiger partial charge in [0.05, 0.1) is 0 Å². The van der Waals surface area contributed by atoms with E-state index in [1.54, 1.807) is 0 Å². The van der Waals surface area contributed by atoms with Crippen LogP contribution in [0.5, 0.6) is 0 Å².